The van der Waals surface area contributed by atoms with Crippen LogP contribution in [0.1, 0.15) is 20.3 Å². The standard InChI is InChI=1S/C11H14BrF3N2OS/c1-5-6(12)4-19-8(5)10(2)3-7(11(13,14)15)18-9(16)17-10/h4-5,7-8H,3H2,1-2H3,(H2,16,17). The van der Waals surface area contributed by atoms with E-state index >= 15 is 0 Å². The molecule has 8 heteroatoms. The number of rotatable bonds is 1. The van der Waals surface area contributed by atoms with E-state index in [1.54, 1.807) is 6.92 Å². The van der Waals surface area contributed by atoms with Crippen molar-refractivity contribution in [2.45, 2.75) is 43.3 Å². The molecular formula is C11H14BrF3N2OS. The Labute approximate surface area is 122 Å². The molecule has 2 heterocycles. The largest absolute Gasteiger partial charge is 0.452 e. The lowest BCUT2D eigenvalue weighted by molar-refractivity contribution is -0.207. The molecule has 19 heavy (non-hydrogen) atoms. The van der Waals surface area contributed by atoms with Crippen LogP contribution in [-0.4, -0.2) is 29.1 Å². The lowest BCUT2D eigenvalue weighted by Crippen LogP contribution is -2.51. The Morgan fingerprint density at radius 3 is 2.68 bits per heavy atom. The average molecular weight is 359 g/mol. The van der Waals surface area contributed by atoms with Crippen molar-refractivity contribution in [3.8, 4) is 0 Å². The fourth-order valence-electron chi connectivity index (χ4n) is 2.44. The van der Waals surface area contributed by atoms with Gasteiger partial charge in [-0.25, -0.2) is 4.99 Å². The topological polar surface area (TPSA) is 47.6 Å². The molecule has 0 aromatic carbocycles. The number of nitrogens with zero attached hydrogens (tertiary/aromatic N) is 1. The monoisotopic (exact) mass is 358 g/mol. The maximum absolute atomic E-state index is 12.9. The summed E-state index contributed by atoms with van der Waals surface area (Å²) in [4.78, 5) is 4.14. The maximum Gasteiger partial charge on any atom is 0.425 e. The van der Waals surface area contributed by atoms with Gasteiger partial charge in [0.2, 0.25) is 0 Å². The summed E-state index contributed by atoms with van der Waals surface area (Å²) in [5.74, 6) is 0.0959. The summed E-state index contributed by atoms with van der Waals surface area (Å²) in [6, 6.07) is -0.383. The SMILES string of the molecule is CC1C(Br)=CSC1C1(C)CC(C(F)(F)F)OC(N)=N1. The fraction of sp³-hybridized carbons (Fsp3) is 0.727. The average Bonchev–Trinajstić information content (AvgIpc) is 2.57. The van der Waals surface area contributed by atoms with Crippen LogP contribution in [-0.2, 0) is 4.74 Å². The summed E-state index contributed by atoms with van der Waals surface area (Å²) in [6.07, 6.45) is -6.53. The van der Waals surface area contributed by atoms with Gasteiger partial charge in [0.1, 0.15) is 0 Å². The molecule has 2 rings (SSSR count). The van der Waals surface area contributed by atoms with Crippen LogP contribution in [0.5, 0.6) is 0 Å². The number of thioether (sulfide) groups is 1. The summed E-state index contributed by atoms with van der Waals surface area (Å²) in [5, 5.41) is 1.82. The Balaban J connectivity index is 2.26. The highest BCUT2D eigenvalue weighted by molar-refractivity contribution is 9.11. The van der Waals surface area contributed by atoms with Gasteiger partial charge in [0.15, 0.2) is 6.10 Å². The number of hydrogen-bond donors (Lipinski definition) is 1. The second-order valence-electron chi connectivity index (χ2n) is 5.01. The van der Waals surface area contributed by atoms with E-state index in [4.69, 9.17) is 5.73 Å². The first kappa shape index (κ1) is 15.0. The van der Waals surface area contributed by atoms with Crippen LogP contribution in [0, 0.1) is 5.92 Å². The van der Waals surface area contributed by atoms with Gasteiger partial charge in [0.25, 0.3) is 6.02 Å². The predicted molar refractivity (Wildman–Crippen MR) is 73.1 cm³/mol. The molecule has 0 spiro atoms. The van der Waals surface area contributed by atoms with Gasteiger partial charge in [0, 0.05) is 22.1 Å². The van der Waals surface area contributed by atoms with E-state index in [-0.39, 0.29) is 23.6 Å². The number of aliphatic imine (C=N–C) groups is 1. The van der Waals surface area contributed by atoms with Crippen molar-refractivity contribution in [1.29, 1.82) is 0 Å². The van der Waals surface area contributed by atoms with Gasteiger partial charge in [-0.3, -0.25) is 0 Å². The van der Waals surface area contributed by atoms with Crippen LogP contribution >= 0.6 is 27.7 Å². The molecule has 108 valence electrons. The van der Waals surface area contributed by atoms with E-state index in [0.29, 0.717) is 0 Å². The molecule has 3 nitrogen and oxygen atoms in total. The van der Waals surface area contributed by atoms with Gasteiger partial charge < -0.3 is 10.5 Å². The molecule has 0 radical (unpaired) electrons. The summed E-state index contributed by atoms with van der Waals surface area (Å²) in [7, 11) is 0. The smallest absolute Gasteiger partial charge is 0.425 e. The van der Waals surface area contributed by atoms with Gasteiger partial charge in [-0.05, 0) is 12.3 Å². The van der Waals surface area contributed by atoms with Crippen LogP contribution < -0.4 is 5.73 Å². The van der Waals surface area contributed by atoms with E-state index in [9.17, 15) is 13.2 Å². The lowest BCUT2D eigenvalue weighted by atomic mass is 9.84. The molecule has 2 aliphatic heterocycles. The quantitative estimate of drug-likeness (QED) is 0.781. The van der Waals surface area contributed by atoms with Crippen LogP contribution in [0.15, 0.2) is 14.9 Å². The summed E-state index contributed by atoms with van der Waals surface area (Å²) < 4.78 is 44.2. The molecule has 2 aliphatic rings. The number of amidine groups is 1. The number of halogens is 4. The third kappa shape index (κ3) is 2.89. The number of hydrogen-bond acceptors (Lipinski definition) is 4. The van der Waals surface area contributed by atoms with Crippen molar-refractivity contribution >= 4 is 33.7 Å². The van der Waals surface area contributed by atoms with Crippen LogP contribution in [0.2, 0.25) is 0 Å². The highest BCUT2D eigenvalue weighted by Gasteiger charge is 2.53. The highest BCUT2D eigenvalue weighted by atomic mass is 79.9. The van der Waals surface area contributed by atoms with Crippen LogP contribution in [0.4, 0.5) is 13.2 Å². The first-order chi connectivity index (χ1) is 8.63. The van der Waals surface area contributed by atoms with Gasteiger partial charge in [0.05, 0.1) is 5.54 Å². The number of nitrogens with two attached hydrogens (primary N) is 1. The molecule has 2 N–H and O–H groups in total. The normalized spacial score (nSPS) is 39.6. The summed E-state index contributed by atoms with van der Waals surface area (Å²) >= 11 is 4.90. The molecule has 0 fully saturated rings. The number of allylic oxidation sites excluding steroid dienone is 1. The minimum absolute atomic E-state index is 0.0887. The molecule has 4 unspecified atom stereocenters. The summed E-state index contributed by atoms with van der Waals surface area (Å²) in [6.45, 7) is 3.66. The highest BCUT2D eigenvalue weighted by Crippen LogP contribution is 2.48. The van der Waals surface area contributed by atoms with Crippen molar-refractivity contribution < 1.29 is 17.9 Å². The van der Waals surface area contributed by atoms with E-state index in [1.807, 2.05) is 12.3 Å². The zero-order chi connectivity index (χ0) is 14.4. The molecule has 4 atom stereocenters. The van der Waals surface area contributed by atoms with Gasteiger partial charge in [-0.2, -0.15) is 13.2 Å². The van der Waals surface area contributed by atoms with E-state index in [0.717, 1.165) is 4.48 Å². The van der Waals surface area contributed by atoms with E-state index < -0.39 is 17.8 Å². The minimum atomic E-state index is -4.43. The molecule has 0 aromatic rings. The van der Waals surface area contributed by atoms with Crippen molar-refractivity contribution in [3.05, 3.63) is 9.89 Å². The van der Waals surface area contributed by atoms with Gasteiger partial charge in [-0.15, -0.1) is 11.8 Å². The molecular weight excluding hydrogens is 345 g/mol. The maximum atomic E-state index is 12.9. The molecule has 0 aliphatic carbocycles. The van der Waals surface area contributed by atoms with Crippen LogP contribution in [0.3, 0.4) is 0 Å². The first-order valence-electron chi connectivity index (χ1n) is 5.73. The Bertz CT molecular complexity index is 440. The zero-order valence-electron chi connectivity index (χ0n) is 10.4. The van der Waals surface area contributed by atoms with Crippen molar-refractivity contribution in [1.82, 2.24) is 0 Å². The minimum Gasteiger partial charge on any atom is -0.452 e. The number of ether oxygens (including phenoxy) is 1. The van der Waals surface area contributed by atoms with Gasteiger partial charge in [-0.1, -0.05) is 22.9 Å². The van der Waals surface area contributed by atoms with E-state index in [2.05, 4.69) is 25.7 Å². The van der Waals surface area contributed by atoms with Crippen molar-refractivity contribution in [2.24, 2.45) is 16.6 Å². The van der Waals surface area contributed by atoms with Gasteiger partial charge >= 0.3 is 6.18 Å². The third-order valence-corrected chi connectivity index (χ3v) is 6.28. The fourth-order valence-corrected chi connectivity index (χ4v) is 4.52. The zero-order valence-corrected chi connectivity index (χ0v) is 12.8. The second kappa shape index (κ2) is 4.87. The van der Waals surface area contributed by atoms with Crippen molar-refractivity contribution in [2.75, 3.05) is 0 Å². The second-order valence-corrected chi connectivity index (χ2v) is 6.94. The predicted octanol–water partition coefficient (Wildman–Crippen LogP) is 3.40. The Hall–Kier alpha value is -0.370. The Morgan fingerprint density at radius 1 is 1.58 bits per heavy atom. The Morgan fingerprint density at radius 2 is 2.21 bits per heavy atom. The molecule has 0 bridgehead atoms. The molecule has 0 saturated carbocycles. The Kier molecular flexibility index (Phi) is 3.85. The summed E-state index contributed by atoms with van der Waals surface area (Å²) in [5.41, 5.74) is 4.54. The molecule has 0 aromatic heterocycles. The van der Waals surface area contributed by atoms with Crippen molar-refractivity contribution in [3.63, 3.8) is 0 Å². The first-order valence-corrected chi connectivity index (χ1v) is 7.47. The van der Waals surface area contributed by atoms with Crippen LogP contribution in [0.25, 0.3) is 0 Å². The molecule has 0 amide bonds. The molecule has 0 saturated heterocycles. The van der Waals surface area contributed by atoms with E-state index in [1.165, 1.54) is 11.8 Å². The lowest BCUT2D eigenvalue weighted by Gasteiger charge is -2.40. The third-order valence-electron chi connectivity index (χ3n) is 3.42. The number of alkyl halides is 3.